The predicted octanol–water partition coefficient (Wildman–Crippen LogP) is 6.97. The minimum atomic E-state index is -4.71. The van der Waals surface area contributed by atoms with Crippen molar-refractivity contribution in [2.24, 2.45) is 5.41 Å². The average Bonchev–Trinajstić information content (AvgIpc) is 3.43. The summed E-state index contributed by atoms with van der Waals surface area (Å²) in [4.78, 5) is 27.8. The zero-order valence-electron chi connectivity index (χ0n) is 25.8. The van der Waals surface area contributed by atoms with Crippen LogP contribution in [0.4, 0.5) is 23.2 Å². The number of likely N-dealkylation sites (tertiary alicyclic amines) is 1. The largest absolute Gasteiger partial charge is 0.480 e. The third-order valence-electron chi connectivity index (χ3n) is 9.41. The Balaban J connectivity index is 1.34. The van der Waals surface area contributed by atoms with Gasteiger partial charge in [-0.15, -0.1) is 0 Å². The summed E-state index contributed by atoms with van der Waals surface area (Å²) in [5.41, 5.74) is 2.73. The summed E-state index contributed by atoms with van der Waals surface area (Å²) in [6.07, 6.45) is 0.150. The number of nitrogens with zero attached hydrogens (tertiary/aromatic N) is 4. The van der Waals surface area contributed by atoms with Gasteiger partial charge in [-0.1, -0.05) is 30.7 Å². The Bertz CT molecular complexity index is 1710. The third-order valence-corrected chi connectivity index (χ3v) is 9.41. The smallest absolute Gasteiger partial charge is 0.416 e. The van der Waals surface area contributed by atoms with Crippen molar-refractivity contribution in [3.8, 4) is 22.6 Å². The van der Waals surface area contributed by atoms with E-state index in [1.54, 1.807) is 13.2 Å². The summed E-state index contributed by atoms with van der Waals surface area (Å²) in [7, 11) is 3.61. The molecule has 2 fully saturated rings. The Labute approximate surface area is 264 Å². The van der Waals surface area contributed by atoms with Gasteiger partial charge >= 0.3 is 12.1 Å². The van der Waals surface area contributed by atoms with Crippen molar-refractivity contribution >= 4 is 22.8 Å². The van der Waals surface area contributed by atoms with Crippen LogP contribution in [0.1, 0.15) is 49.1 Å². The number of ether oxygens (including phenoxy) is 1. The molecule has 4 aromatic rings. The first kappa shape index (κ1) is 31.9. The monoisotopic (exact) mass is 639 g/mol. The first-order chi connectivity index (χ1) is 21.9. The lowest BCUT2D eigenvalue weighted by Gasteiger charge is -2.44. The van der Waals surface area contributed by atoms with E-state index in [1.807, 2.05) is 24.1 Å². The van der Waals surface area contributed by atoms with Crippen LogP contribution in [0, 0.1) is 11.2 Å². The number of anilines is 1. The van der Waals surface area contributed by atoms with Crippen LogP contribution in [0.25, 0.3) is 33.8 Å². The van der Waals surface area contributed by atoms with Gasteiger partial charge < -0.3 is 19.7 Å². The van der Waals surface area contributed by atoms with Gasteiger partial charge in [-0.25, -0.2) is 14.4 Å². The number of nitrogens with one attached hydrogen (secondary N) is 1. The number of aromatic amines is 1. The molecule has 8 nitrogen and oxygen atoms in total. The standard InChI is InChI=1S/C34H37F4N5O3/c1-42(19-33(20-46-2)10-3-11-33)28-17-27(24-14-25(34(36,37)38)16-26(35)15-24)39-32-30(28)40-31(41-32)23-6-4-21(5-7-23)22-8-12-43(13-9-22)18-29(44)45/h4-7,14-17,22H,3,8-13,18-20H2,1-2H3,(H,44,45)(H,39,40,41). The summed E-state index contributed by atoms with van der Waals surface area (Å²) < 4.78 is 60.7. The molecule has 2 aliphatic rings. The van der Waals surface area contributed by atoms with Crippen molar-refractivity contribution in [2.45, 2.75) is 44.2 Å². The molecular weight excluding hydrogens is 602 g/mol. The highest BCUT2D eigenvalue weighted by Gasteiger charge is 2.38. The fourth-order valence-electron chi connectivity index (χ4n) is 6.91. The molecule has 2 aromatic heterocycles. The number of rotatable bonds is 10. The van der Waals surface area contributed by atoms with Crippen LogP contribution in [0.15, 0.2) is 48.5 Å². The fraction of sp³-hybridized carbons (Fsp3) is 0.441. The number of pyridine rings is 1. The van der Waals surface area contributed by atoms with E-state index in [-0.39, 0.29) is 23.2 Å². The van der Waals surface area contributed by atoms with Gasteiger partial charge in [-0.05, 0) is 74.5 Å². The van der Waals surface area contributed by atoms with E-state index >= 15 is 0 Å². The number of aliphatic carboxylic acids is 1. The minimum Gasteiger partial charge on any atom is -0.480 e. The first-order valence-corrected chi connectivity index (χ1v) is 15.5. The highest BCUT2D eigenvalue weighted by molar-refractivity contribution is 5.91. The fourth-order valence-corrected chi connectivity index (χ4v) is 6.91. The SMILES string of the molecule is COCC1(CN(C)c2cc(-c3cc(F)cc(C(F)(F)F)c3)nc3nc(-c4ccc(C5CCN(CC(=O)O)CC5)cc4)[nH]c23)CCC1. The number of benzene rings is 2. The van der Waals surface area contributed by atoms with Crippen molar-refractivity contribution in [3.63, 3.8) is 0 Å². The lowest BCUT2D eigenvalue weighted by molar-refractivity contribution is -0.139. The van der Waals surface area contributed by atoms with Crippen LogP contribution < -0.4 is 4.90 Å². The number of H-pyrrole nitrogens is 1. The molecule has 1 aliphatic heterocycles. The maximum absolute atomic E-state index is 14.4. The molecule has 244 valence electrons. The minimum absolute atomic E-state index is 0.0161. The Hall–Kier alpha value is -4.03. The molecule has 2 aromatic carbocycles. The molecule has 1 saturated carbocycles. The van der Waals surface area contributed by atoms with Gasteiger partial charge in [-0.3, -0.25) is 9.69 Å². The molecule has 0 bridgehead atoms. The molecule has 6 rings (SSSR count). The van der Waals surface area contributed by atoms with E-state index in [2.05, 4.69) is 27.0 Å². The second kappa shape index (κ2) is 12.6. The summed E-state index contributed by atoms with van der Waals surface area (Å²) in [6, 6.07) is 12.2. The number of alkyl halides is 3. The van der Waals surface area contributed by atoms with Gasteiger partial charge in [0.2, 0.25) is 0 Å². The summed E-state index contributed by atoms with van der Waals surface area (Å²) >= 11 is 0. The number of aromatic nitrogens is 3. The molecule has 0 amide bonds. The highest BCUT2D eigenvalue weighted by Crippen LogP contribution is 2.43. The van der Waals surface area contributed by atoms with Crippen LogP contribution in [0.5, 0.6) is 0 Å². The maximum atomic E-state index is 14.4. The molecule has 46 heavy (non-hydrogen) atoms. The van der Waals surface area contributed by atoms with Crippen molar-refractivity contribution in [1.29, 1.82) is 0 Å². The van der Waals surface area contributed by atoms with Crippen molar-refractivity contribution < 1.29 is 32.2 Å². The maximum Gasteiger partial charge on any atom is 0.416 e. The number of carbonyl (C=O) groups is 1. The number of imidazole rings is 1. The quantitative estimate of drug-likeness (QED) is 0.181. The Morgan fingerprint density at radius 3 is 2.41 bits per heavy atom. The second-order valence-corrected chi connectivity index (χ2v) is 12.7. The number of carboxylic acid groups (broad SMARTS) is 1. The molecule has 3 heterocycles. The van der Waals surface area contributed by atoms with E-state index in [0.717, 1.165) is 62.9 Å². The van der Waals surface area contributed by atoms with Crippen molar-refractivity contribution in [1.82, 2.24) is 19.9 Å². The third kappa shape index (κ3) is 6.73. The topological polar surface area (TPSA) is 94.6 Å². The molecular formula is C34H37F4N5O3. The number of fused-ring (bicyclic) bond motifs is 1. The Kier molecular flexibility index (Phi) is 8.77. The number of carboxylic acids is 1. The van der Waals surface area contributed by atoms with E-state index < -0.39 is 23.5 Å². The number of hydrogen-bond acceptors (Lipinski definition) is 6. The lowest BCUT2D eigenvalue weighted by atomic mass is 9.69. The van der Waals surface area contributed by atoms with Gasteiger partial charge in [-0.2, -0.15) is 13.2 Å². The number of halogens is 4. The first-order valence-electron chi connectivity index (χ1n) is 15.5. The number of piperidine rings is 1. The zero-order chi connectivity index (χ0) is 32.6. The van der Waals surface area contributed by atoms with Crippen LogP contribution in [0.3, 0.4) is 0 Å². The molecule has 0 radical (unpaired) electrons. The molecule has 1 saturated heterocycles. The van der Waals surface area contributed by atoms with E-state index in [4.69, 9.17) is 14.8 Å². The number of methoxy groups -OCH3 is 1. The van der Waals surface area contributed by atoms with Gasteiger partial charge in [0.05, 0.1) is 30.1 Å². The Morgan fingerprint density at radius 2 is 1.80 bits per heavy atom. The lowest BCUT2D eigenvalue weighted by Crippen LogP contribution is -2.44. The molecule has 0 atom stereocenters. The van der Waals surface area contributed by atoms with Crippen LogP contribution in [-0.2, 0) is 15.7 Å². The van der Waals surface area contributed by atoms with Crippen molar-refractivity contribution in [2.75, 3.05) is 51.8 Å². The van der Waals surface area contributed by atoms with Crippen LogP contribution >= 0.6 is 0 Å². The van der Waals surface area contributed by atoms with E-state index in [9.17, 15) is 22.4 Å². The normalized spacial score (nSPS) is 17.3. The summed E-state index contributed by atoms with van der Waals surface area (Å²) in [6.45, 7) is 2.77. The van der Waals surface area contributed by atoms with E-state index in [0.29, 0.717) is 47.8 Å². The van der Waals surface area contributed by atoms with Gasteiger partial charge in [0.15, 0.2) is 5.65 Å². The molecule has 0 spiro atoms. The number of hydrogen-bond donors (Lipinski definition) is 2. The molecule has 1 aliphatic carbocycles. The van der Waals surface area contributed by atoms with Crippen LogP contribution in [-0.4, -0.2) is 77.9 Å². The summed E-state index contributed by atoms with van der Waals surface area (Å²) in [5.74, 6) is -0.921. The molecule has 12 heteroatoms. The second-order valence-electron chi connectivity index (χ2n) is 12.7. The van der Waals surface area contributed by atoms with Gasteiger partial charge in [0.1, 0.15) is 17.2 Å². The molecule has 2 N–H and O–H groups in total. The van der Waals surface area contributed by atoms with Gasteiger partial charge in [0.25, 0.3) is 0 Å². The predicted molar refractivity (Wildman–Crippen MR) is 167 cm³/mol. The zero-order valence-corrected chi connectivity index (χ0v) is 25.8. The van der Waals surface area contributed by atoms with Crippen LogP contribution in [0.2, 0.25) is 0 Å². The van der Waals surface area contributed by atoms with Gasteiger partial charge in [0, 0.05) is 37.2 Å². The Morgan fingerprint density at radius 1 is 1.09 bits per heavy atom. The molecule has 0 unspecified atom stereocenters. The average molecular weight is 640 g/mol. The van der Waals surface area contributed by atoms with E-state index in [1.165, 1.54) is 5.56 Å². The highest BCUT2D eigenvalue weighted by atomic mass is 19.4. The summed E-state index contributed by atoms with van der Waals surface area (Å²) in [5, 5.41) is 9.08. The van der Waals surface area contributed by atoms with Crippen molar-refractivity contribution in [3.05, 3.63) is 65.5 Å².